The van der Waals surface area contributed by atoms with Gasteiger partial charge in [0.2, 0.25) is 0 Å². The number of hydrogen-bond acceptors (Lipinski definition) is 5. The van der Waals surface area contributed by atoms with E-state index in [0.717, 1.165) is 19.6 Å². The van der Waals surface area contributed by atoms with Crippen LogP contribution in [0, 0.1) is 0 Å². The van der Waals surface area contributed by atoms with Crippen LogP contribution in [0.25, 0.3) is 11.0 Å². The molecule has 2 aromatic rings. The highest BCUT2D eigenvalue weighted by Crippen LogP contribution is 2.08. The monoisotopic (exact) mass is 273 g/mol. The molecule has 0 radical (unpaired) electrons. The Hall–Kier alpha value is -1.79. The van der Waals surface area contributed by atoms with Gasteiger partial charge in [0.25, 0.3) is 5.56 Å². The number of fused-ring (bicyclic) bond motifs is 1. The van der Waals surface area contributed by atoms with Crippen molar-refractivity contribution in [2.75, 3.05) is 33.7 Å². The van der Waals surface area contributed by atoms with Crippen LogP contribution >= 0.6 is 0 Å². The summed E-state index contributed by atoms with van der Waals surface area (Å²) >= 11 is 0. The summed E-state index contributed by atoms with van der Waals surface area (Å²) in [4.78, 5) is 25.5. The maximum absolute atomic E-state index is 12.4. The summed E-state index contributed by atoms with van der Waals surface area (Å²) in [6.45, 7) is 3.71. The van der Waals surface area contributed by atoms with Crippen LogP contribution < -0.4 is 5.56 Å². The van der Waals surface area contributed by atoms with Gasteiger partial charge in [0.1, 0.15) is 0 Å². The average molecular weight is 273 g/mol. The van der Waals surface area contributed by atoms with Crippen LogP contribution in [0.5, 0.6) is 0 Å². The Bertz CT molecular complexity index is 668. The van der Waals surface area contributed by atoms with Crippen LogP contribution in [0.1, 0.15) is 0 Å². The zero-order chi connectivity index (χ0) is 14.1. The third-order valence-electron chi connectivity index (χ3n) is 3.97. The summed E-state index contributed by atoms with van der Waals surface area (Å²) < 4.78 is 1.68. The first-order valence-electron chi connectivity index (χ1n) is 6.84. The number of pyridine rings is 1. The fourth-order valence-electron chi connectivity index (χ4n) is 2.64. The van der Waals surface area contributed by atoms with E-state index in [2.05, 4.69) is 33.9 Å². The quantitative estimate of drug-likeness (QED) is 0.773. The Labute approximate surface area is 117 Å². The summed E-state index contributed by atoms with van der Waals surface area (Å²) in [5, 5.41) is 0. The van der Waals surface area contributed by atoms with Gasteiger partial charge in [0.15, 0.2) is 5.52 Å². The summed E-state index contributed by atoms with van der Waals surface area (Å²) in [6.07, 6.45) is 3.27. The van der Waals surface area contributed by atoms with E-state index in [0.29, 0.717) is 23.6 Å². The van der Waals surface area contributed by atoms with Crippen molar-refractivity contribution < 1.29 is 0 Å². The van der Waals surface area contributed by atoms with E-state index in [4.69, 9.17) is 0 Å². The molecule has 106 valence electrons. The van der Waals surface area contributed by atoms with Crippen molar-refractivity contribution >= 4 is 11.0 Å². The maximum Gasteiger partial charge on any atom is 0.279 e. The minimum Gasteiger partial charge on any atom is -0.303 e. The molecule has 0 bridgehead atoms. The van der Waals surface area contributed by atoms with E-state index < -0.39 is 0 Å². The van der Waals surface area contributed by atoms with Crippen LogP contribution in [-0.4, -0.2) is 64.1 Å². The molecule has 1 saturated heterocycles. The first kappa shape index (κ1) is 13.2. The molecular formula is C14H19N5O. The fourth-order valence-corrected chi connectivity index (χ4v) is 2.64. The maximum atomic E-state index is 12.4. The zero-order valence-electron chi connectivity index (χ0n) is 11.9. The standard InChI is InChI=1S/C14H19N5O/c1-17-6-7-18(2)11(8-17)9-19-10-16-12-4-3-5-15-13(12)14(19)20/h3-5,10-11H,6-9H2,1-2H3. The van der Waals surface area contributed by atoms with Crippen LogP contribution in [0.4, 0.5) is 0 Å². The van der Waals surface area contributed by atoms with Gasteiger partial charge >= 0.3 is 0 Å². The van der Waals surface area contributed by atoms with E-state index in [1.54, 1.807) is 23.2 Å². The van der Waals surface area contributed by atoms with Gasteiger partial charge in [-0.15, -0.1) is 0 Å². The van der Waals surface area contributed by atoms with Crippen molar-refractivity contribution in [2.24, 2.45) is 0 Å². The van der Waals surface area contributed by atoms with E-state index in [-0.39, 0.29) is 5.56 Å². The van der Waals surface area contributed by atoms with Crippen LogP contribution in [0.15, 0.2) is 29.5 Å². The molecule has 6 heteroatoms. The molecule has 6 nitrogen and oxygen atoms in total. The van der Waals surface area contributed by atoms with Crippen molar-refractivity contribution in [3.8, 4) is 0 Å². The molecule has 1 atom stereocenters. The first-order valence-corrected chi connectivity index (χ1v) is 6.84. The molecule has 3 heterocycles. The molecular weight excluding hydrogens is 254 g/mol. The van der Waals surface area contributed by atoms with Gasteiger partial charge in [-0.1, -0.05) is 0 Å². The predicted octanol–water partition coefficient (Wildman–Crippen LogP) is 0.0373. The van der Waals surface area contributed by atoms with Gasteiger partial charge in [-0.05, 0) is 26.2 Å². The molecule has 0 aliphatic carbocycles. The molecule has 1 aliphatic heterocycles. The van der Waals surface area contributed by atoms with Gasteiger partial charge in [0.05, 0.1) is 11.8 Å². The van der Waals surface area contributed by atoms with E-state index in [9.17, 15) is 4.79 Å². The Morgan fingerprint density at radius 2 is 2.15 bits per heavy atom. The number of likely N-dealkylation sites (N-methyl/N-ethyl adjacent to an activating group) is 2. The molecule has 0 aromatic carbocycles. The van der Waals surface area contributed by atoms with Gasteiger partial charge in [0, 0.05) is 38.4 Å². The van der Waals surface area contributed by atoms with Crippen LogP contribution in [0.2, 0.25) is 0 Å². The van der Waals surface area contributed by atoms with Crippen molar-refractivity contribution in [1.29, 1.82) is 0 Å². The second-order valence-corrected chi connectivity index (χ2v) is 5.47. The van der Waals surface area contributed by atoms with E-state index >= 15 is 0 Å². The first-order chi connectivity index (χ1) is 9.65. The number of piperazine rings is 1. The highest BCUT2D eigenvalue weighted by Gasteiger charge is 2.23. The minimum absolute atomic E-state index is 0.0581. The molecule has 1 aliphatic rings. The third-order valence-corrected chi connectivity index (χ3v) is 3.97. The summed E-state index contributed by atoms with van der Waals surface area (Å²) in [7, 11) is 4.22. The lowest BCUT2D eigenvalue weighted by Crippen LogP contribution is -2.52. The minimum atomic E-state index is -0.0581. The number of aromatic nitrogens is 3. The van der Waals surface area contributed by atoms with Crippen molar-refractivity contribution in [3.63, 3.8) is 0 Å². The second kappa shape index (κ2) is 5.30. The highest BCUT2D eigenvalue weighted by atomic mass is 16.1. The van der Waals surface area contributed by atoms with E-state index in [1.165, 1.54) is 0 Å². The molecule has 0 N–H and O–H groups in total. The number of rotatable bonds is 2. The number of nitrogens with zero attached hydrogens (tertiary/aromatic N) is 5. The smallest absolute Gasteiger partial charge is 0.279 e. The Balaban J connectivity index is 1.91. The molecule has 0 spiro atoms. The predicted molar refractivity (Wildman–Crippen MR) is 77.7 cm³/mol. The summed E-state index contributed by atoms with van der Waals surface area (Å²) in [6, 6.07) is 3.94. The summed E-state index contributed by atoms with van der Waals surface area (Å²) in [5.41, 5.74) is 1.04. The summed E-state index contributed by atoms with van der Waals surface area (Å²) in [5.74, 6) is 0. The Morgan fingerprint density at radius 3 is 3.00 bits per heavy atom. The van der Waals surface area contributed by atoms with Gasteiger partial charge in [-0.3, -0.25) is 14.3 Å². The second-order valence-electron chi connectivity index (χ2n) is 5.47. The molecule has 1 fully saturated rings. The third kappa shape index (κ3) is 2.44. The van der Waals surface area contributed by atoms with Crippen molar-refractivity contribution in [3.05, 3.63) is 35.0 Å². The van der Waals surface area contributed by atoms with E-state index in [1.807, 2.05) is 6.07 Å². The molecule has 20 heavy (non-hydrogen) atoms. The molecule has 1 unspecified atom stereocenters. The molecule has 0 saturated carbocycles. The Kier molecular flexibility index (Phi) is 3.50. The molecule has 3 rings (SSSR count). The topological polar surface area (TPSA) is 54.3 Å². The zero-order valence-corrected chi connectivity index (χ0v) is 11.9. The van der Waals surface area contributed by atoms with Crippen molar-refractivity contribution in [1.82, 2.24) is 24.3 Å². The van der Waals surface area contributed by atoms with Gasteiger partial charge in [-0.25, -0.2) is 9.97 Å². The lowest BCUT2D eigenvalue weighted by atomic mass is 10.2. The Morgan fingerprint density at radius 1 is 1.30 bits per heavy atom. The normalized spacial score (nSPS) is 21.4. The lowest BCUT2D eigenvalue weighted by molar-refractivity contribution is 0.102. The molecule has 0 amide bonds. The van der Waals surface area contributed by atoms with Crippen molar-refractivity contribution in [2.45, 2.75) is 12.6 Å². The lowest BCUT2D eigenvalue weighted by Gasteiger charge is -2.37. The van der Waals surface area contributed by atoms with Crippen LogP contribution in [0.3, 0.4) is 0 Å². The average Bonchev–Trinajstić information content (AvgIpc) is 2.46. The fraction of sp³-hybridized carbons (Fsp3) is 0.500. The van der Waals surface area contributed by atoms with Crippen LogP contribution in [-0.2, 0) is 6.54 Å². The van der Waals surface area contributed by atoms with Gasteiger partial charge in [-0.2, -0.15) is 0 Å². The number of hydrogen-bond donors (Lipinski definition) is 0. The highest BCUT2D eigenvalue weighted by molar-refractivity contribution is 5.71. The molecule has 2 aromatic heterocycles. The SMILES string of the molecule is CN1CCN(C)C(Cn2cnc3cccnc3c2=O)C1. The largest absolute Gasteiger partial charge is 0.303 e. The van der Waals surface area contributed by atoms with Gasteiger partial charge < -0.3 is 4.90 Å².